The molecule has 0 aromatic heterocycles. The quantitative estimate of drug-likeness (QED) is 0.890. The van der Waals surface area contributed by atoms with E-state index >= 15 is 0 Å². The first-order valence-electron chi connectivity index (χ1n) is 6.98. The number of nitrogens with two attached hydrogens (primary N) is 1. The zero-order chi connectivity index (χ0) is 13.9. The molecule has 2 N–H and O–H groups in total. The van der Waals surface area contributed by atoms with Crippen LogP contribution in [-0.4, -0.2) is 18.0 Å². The predicted molar refractivity (Wildman–Crippen MR) is 83.0 cm³/mol. The first-order chi connectivity index (χ1) is 9.13. The monoisotopic (exact) mass is 279 g/mol. The summed E-state index contributed by atoms with van der Waals surface area (Å²) in [5.74, 6) is 0.615. The summed E-state index contributed by atoms with van der Waals surface area (Å²) in [6.45, 7) is 5.21. The van der Waals surface area contributed by atoms with Gasteiger partial charge < -0.3 is 10.6 Å². The van der Waals surface area contributed by atoms with E-state index in [1.165, 1.54) is 0 Å². The van der Waals surface area contributed by atoms with E-state index in [0.29, 0.717) is 5.96 Å². The number of hydrogen-bond donors (Lipinski definition) is 1. The lowest BCUT2D eigenvalue weighted by molar-refractivity contribution is 0.384. The minimum Gasteiger partial charge on any atom is -0.369 e. The summed E-state index contributed by atoms with van der Waals surface area (Å²) in [7, 11) is 0. The molecule has 19 heavy (non-hydrogen) atoms. The summed E-state index contributed by atoms with van der Waals surface area (Å²) in [6.07, 6.45) is 4.44. The van der Waals surface area contributed by atoms with Gasteiger partial charge >= 0.3 is 0 Å². The van der Waals surface area contributed by atoms with E-state index in [1.54, 1.807) is 0 Å². The van der Waals surface area contributed by atoms with Crippen LogP contribution in [0.4, 0.5) is 5.69 Å². The van der Waals surface area contributed by atoms with Crippen LogP contribution < -0.4 is 10.6 Å². The Bertz CT molecular complexity index is 464. The molecular weight excluding hydrogens is 258 g/mol. The summed E-state index contributed by atoms with van der Waals surface area (Å²) >= 11 is 6.11. The van der Waals surface area contributed by atoms with Gasteiger partial charge in [0.1, 0.15) is 0 Å². The van der Waals surface area contributed by atoms with Crippen LogP contribution >= 0.6 is 11.6 Å². The van der Waals surface area contributed by atoms with Gasteiger partial charge in [-0.1, -0.05) is 44.4 Å². The third kappa shape index (κ3) is 2.71. The topological polar surface area (TPSA) is 41.6 Å². The van der Waals surface area contributed by atoms with Crippen LogP contribution in [0, 0.1) is 0 Å². The average Bonchev–Trinajstić information content (AvgIpc) is 2.67. The molecule has 0 bridgehead atoms. The Hall–Kier alpha value is -1.22. The maximum absolute atomic E-state index is 6.13. The van der Waals surface area contributed by atoms with Gasteiger partial charge in [0, 0.05) is 10.7 Å². The molecule has 0 aliphatic carbocycles. The van der Waals surface area contributed by atoms with Crippen molar-refractivity contribution in [2.75, 3.05) is 11.4 Å². The largest absolute Gasteiger partial charge is 0.369 e. The lowest BCUT2D eigenvalue weighted by Crippen LogP contribution is -2.52. The summed E-state index contributed by atoms with van der Waals surface area (Å²) in [4.78, 5) is 6.68. The molecule has 0 amide bonds. The van der Waals surface area contributed by atoms with Gasteiger partial charge in [-0.15, -0.1) is 0 Å². The van der Waals surface area contributed by atoms with Crippen LogP contribution in [0.25, 0.3) is 0 Å². The molecule has 104 valence electrons. The molecule has 0 saturated carbocycles. The first kappa shape index (κ1) is 14.2. The minimum absolute atomic E-state index is 0.0261. The van der Waals surface area contributed by atoms with Gasteiger partial charge in [0.15, 0.2) is 5.96 Å². The van der Waals surface area contributed by atoms with Crippen molar-refractivity contribution in [2.45, 2.75) is 45.1 Å². The van der Waals surface area contributed by atoms with Crippen molar-refractivity contribution in [3.8, 4) is 0 Å². The summed E-state index contributed by atoms with van der Waals surface area (Å²) < 4.78 is 0. The summed E-state index contributed by atoms with van der Waals surface area (Å²) in [6, 6.07) is 7.87. The molecule has 0 saturated heterocycles. The molecule has 1 aliphatic heterocycles. The highest BCUT2D eigenvalue weighted by Gasteiger charge is 2.41. The van der Waals surface area contributed by atoms with Crippen LogP contribution in [-0.2, 0) is 0 Å². The number of hydrogen-bond acceptors (Lipinski definition) is 3. The number of aliphatic imine (C=N–C) groups is 1. The van der Waals surface area contributed by atoms with Crippen LogP contribution in [0.2, 0.25) is 5.02 Å². The second kappa shape index (κ2) is 5.83. The predicted octanol–water partition coefficient (Wildman–Crippen LogP) is 3.81. The van der Waals surface area contributed by atoms with E-state index in [4.69, 9.17) is 17.3 Å². The Kier molecular flexibility index (Phi) is 4.35. The van der Waals surface area contributed by atoms with E-state index in [-0.39, 0.29) is 5.54 Å². The average molecular weight is 280 g/mol. The molecule has 4 heteroatoms. The first-order valence-corrected chi connectivity index (χ1v) is 7.36. The van der Waals surface area contributed by atoms with Crippen LogP contribution in [0.5, 0.6) is 0 Å². The number of nitrogens with zero attached hydrogens (tertiary/aromatic N) is 2. The van der Waals surface area contributed by atoms with Crippen molar-refractivity contribution >= 4 is 23.2 Å². The van der Waals surface area contributed by atoms with Crippen molar-refractivity contribution < 1.29 is 0 Å². The maximum atomic E-state index is 6.13. The van der Waals surface area contributed by atoms with Crippen molar-refractivity contribution in [2.24, 2.45) is 10.7 Å². The Labute approximate surface area is 120 Å². The number of halogens is 1. The lowest BCUT2D eigenvalue weighted by Gasteiger charge is -2.39. The highest BCUT2D eigenvalue weighted by atomic mass is 35.5. The molecule has 0 radical (unpaired) electrons. The number of guanidine groups is 1. The van der Waals surface area contributed by atoms with Gasteiger partial charge in [0.2, 0.25) is 0 Å². The van der Waals surface area contributed by atoms with Crippen LogP contribution in [0.1, 0.15) is 39.5 Å². The zero-order valence-electron chi connectivity index (χ0n) is 11.7. The third-order valence-corrected chi connectivity index (χ3v) is 3.97. The van der Waals surface area contributed by atoms with Crippen molar-refractivity contribution in [1.29, 1.82) is 0 Å². The molecule has 1 aromatic carbocycles. The number of benzene rings is 1. The van der Waals surface area contributed by atoms with Gasteiger partial charge in [-0.3, -0.25) is 4.99 Å². The zero-order valence-corrected chi connectivity index (χ0v) is 12.5. The maximum Gasteiger partial charge on any atom is 0.196 e. The second-order valence-corrected chi connectivity index (χ2v) is 5.65. The fourth-order valence-electron chi connectivity index (χ4n) is 3.07. The van der Waals surface area contributed by atoms with Crippen LogP contribution in [0.3, 0.4) is 0 Å². The summed E-state index contributed by atoms with van der Waals surface area (Å²) in [5.41, 5.74) is 7.21. The number of rotatable bonds is 5. The van der Waals surface area contributed by atoms with Gasteiger partial charge in [0.25, 0.3) is 0 Å². The Morgan fingerprint density at radius 2 is 2.00 bits per heavy atom. The molecule has 0 unspecified atom stereocenters. The van der Waals surface area contributed by atoms with Crippen molar-refractivity contribution in [3.63, 3.8) is 0 Å². The Morgan fingerprint density at radius 3 is 2.58 bits per heavy atom. The highest BCUT2D eigenvalue weighted by Crippen LogP contribution is 2.36. The Morgan fingerprint density at radius 1 is 1.32 bits per heavy atom. The van der Waals surface area contributed by atoms with Crippen molar-refractivity contribution in [1.82, 2.24) is 0 Å². The molecule has 1 aliphatic rings. The summed E-state index contributed by atoms with van der Waals surface area (Å²) in [5, 5.41) is 0.735. The normalized spacial score (nSPS) is 17.6. The van der Waals surface area contributed by atoms with E-state index in [2.05, 4.69) is 29.8 Å². The molecule has 3 nitrogen and oxygen atoms in total. The molecule has 2 rings (SSSR count). The highest BCUT2D eigenvalue weighted by molar-refractivity contribution is 6.31. The fourth-order valence-corrected chi connectivity index (χ4v) is 3.26. The van der Waals surface area contributed by atoms with Gasteiger partial charge in [0.05, 0.1) is 12.1 Å². The van der Waals surface area contributed by atoms with Crippen molar-refractivity contribution in [3.05, 3.63) is 29.3 Å². The fraction of sp³-hybridized carbons (Fsp3) is 0.533. The van der Waals surface area contributed by atoms with E-state index < -0.39 is 0 Å². The van der Waals surface area contributed by atoms with E-state index in [1.807, 2.05) is 18.2 Å². The SMILES string of the molecule is CCCC1(CCC)CN=C(N)N1c1cccc(Cl)c1. The van der Waals surface area contributed by atoms with E-state index in [9.17, 15) is 0 Å². The smallest absolute Gasteiger partial charge is 0.196 e. The lowest BCUT2D eigenvalue weighted by atomic mass is 9.87. The van der Waals surface area contributed by atoms with Crippen LogP contribution in [0.15, 0.2) is 29.3 Å². The van der Waals surface area contributed by atoms with Gasteiger partial charge in [-0.05, 0) is 31.0 Å². The molecule has 1 heterocycles. The van der Waals surface area contributed by atoms with E-state index in [0.717, 1.165) is 42.9 Å². The molecule has 0 atom stereocenters. The minimum atomic E-state index is 0.0261. The second-order valence-electron chi connectivity index (χ2n) is 5.21. The molecular formula is C15H22ClN3. The Balaban J connectivity index is 2.40. The molecule has 0 spiro atoms. The standard InChI is InChI=1S/C15H22ClN3/c1-3-8-15(9-4-2)11-18-14(17)19(15)13-7-5-6-12(16)10-13/h5-7,10H,3-4,8-9,11H2,1-2H3,(H2,17,18). The molecule has 0 fully saturated rings. The third-order valence-electron chi connectivity index (χ3n) is 3.74. The van der Waals surface area contributed by atoms with Gasteiger partial charge in [-0.25, -0.2) is 0 Å². The molecule has 1 aromatic rings. The number of anilines is 1. The van der Waals surface area contributed by atoms with Gasteiger partial charge in [-0.2, -0.15) is 0 Å².